The fourth-order valence-electron chi connectivity index (χ4n) is 8.64. The van der Waals surface area contributed by atoms with Gasteiger partial charge in [0, 0.05) is 25.4 Å². The fraction of sp³-hybridized carbons (Fsp3) is 0.658. The number of rotatable bonds is 7. The van der Waals surface area contributed by atoms with Gasteiger partial charge in [0.2, 0.25) is 21.8 Å². The Hall–Kier alpha value is -4.14. The van der Waals surface area contributed by atoms with Crippen molar-refractivity contribution in [2.75, 3.05) is 6.54 Å². The number of fused-ring (bicyclic) bond motifs is 3. The highest BCUT2D eigenvalue weighted by atomic mass is 32.2. The average molecular weight is 754 g/mol. The molecule has 1 saturated heterocycles. The molecule has 288 valence electrons. The number of sulfonamides is 1. The minimum absolute atomic E-state index is 0.0545. The molecule has 14 nitrogen and oxygen atoms in total. The number of cyclic esters (lactones) is 1. The molecule has 1 aromatic rings. The van der Waals surface area contributed by atoms with Crippen LogP contribution in [0.15, 0.2) is 30.9 Å². The van der Waals surface area contributed by atoms with Gasteiger partial charge in [-0.3, -0.25) is 24.0 Å². The van der Waals surface area contributed by atoms with Crippen molar-refractivity contribution in [3.63, 3.8) is 0 Å². The molecule has 0 unspecified atom stereocenters. The molecule has 3 saturated carbocycles. The van der Waals surface area contributed by atoms with E-state index in [4.69, 9.17) is 9.47 Å². The maximum absolute atomic E-state index is 14.6. The Morgan fingerprint density at radius 2 is 1.75 bits per heavy atom. The average Bonchev–Trinajstić information content (AvgIpc) is 3.88. The van der Waals surface area contributed by atoms with E-state index in [1.807, 2.05) is 26.0 Å². The molecule has 7 rings (SSSR count). The van der Waals surface area contributed by atoms with Crippen molar-refractivity contribution < 1.29 is 41.9 Å². The van der Waals surface area contributed by atoms with Crippen LogP contribution in [0.1, 0.15) is 101 Å². The predicted molar refractivity (Wildman–Crippen MR) is 192 cm³/mol. The number of hydrogen-bond donors (Lipinski definition) is 3. The zero-order valence-electron chi connectivity index (χ0n) is 30.6. The summed E-state index contributed by atoms with van der Waals surface area (Å²) in [4.78, 5) is 72.5. The summed E-state index contributed by atoms with van der Waals surface area (Å²) in [7, 11) is -3.90. The molecule has 3 aliphatic heterocycles. The van der Waals surface area contributed by atoms with Crippen LogP contribution in [0.3, 0.4) is 0 Å². The molecule has 5 atom stereocenters. The predicted octanol–water partition coefficient (Wildman–Crippen LogP) is 3.57. The highest BCUT2D eigenvalue weighted by Crippen LogP contribution is 2.45. The number of hydrogen-bond acceptors (Lipinski definition) is 9. The molecule has 5 amide bonds. The number of alkyl carbamates (subject to hydrolysis) is 1. The number of nitrogens with zero attached hydrogens (tertiary/aromatic N) is 2. The molecular weight excluding hydrogens is 703 g/mol. The van der Waals surface area contributed by atoms with Gasteiger partial charge in [0.15, 0.2) is 0 Å². The summed E-state index contributed by atoms with van der Waals surface area (Å²) in [6.07, 6.45) is 6.57. The number of nitrogens with one attached hydrogen (secondary N) is 3. The highest BCUT2D eigenvalue weighted by Gasteiger charge is 2.62. The number of aryl methyl sites for hydroxylation is 1. The zero-order valence-corrected chi connectivity index (χ0v) is 31.4. The smallest absolute Gasteiger partial charge is 0.410 e. The summed E-state index contributed by atoms with van der Waals surface area (Å²) in [5.41, 5.74) is 0.920. The number of amides is 5. The van der Waals surface area contributed by atoms with Crippen molar-refractivity contribution in [3.8, 4) is 0 Å². The lowest BCUT2D eigenvalue weighted by Gasteiger charge is -2.33. The van der Waals surface area contributed by atoms with Crippen molar-refractivity contribution in [2.45, 2.75) is 139 Å². The van der Waals surface area contributed by atoms with Crippen molar-refractivity contribution in [3.05, 3.63) is 47.5 Å². The molecular formula is C38H51N5O9S. The molecule has 15 heteroatoms. The van der Waals surface area contributed by atoms with Crippen LogP contribution >= 0.6 is 0 Å². The Morgan fingerprint density at radius 3 is 2.45 bits per heavy atom. The zero-order chi connectivity index (χ0) is 37.7. The van der Waals surface area contributed by atoms with Gasteiger partial charge in [0.05, 0.1) is 11.8 Å². The quantitative estimate of drug-likeness (QED) is 0.351. The van der Waals surface area contributed by atoms with Crippen LogP contribution in [0.2, 0.25) is 0 Å². The van der Waals surface area contributed by atoms with E-state index >= 15 is 0 Å². The van der Waals surface area contributed by atoms with Gasteiger partial charge in [-0.25, -0.2) is 18.0 Å². The van der Waals surface area contributed by atoms with Crippen molar-refractivity contribution in [1.82, 2.24) is 25.2 Å². The topological polar surface area (TPSA) is 181 Å². The van der Waals surface area contributed by atoms with Gasteiger partial charge < -0.3 is 25.0 Å². The van der Waals surface area contributed by atoms with E-state index in [1.165, 1.54) is 11.0 Å². The van der Waals surface area contributed by atoms with Crippen LogP contribution in [-0.2, 0) is 53.4 Å². The summed E-state index contributed by atoms with van der Waals surface area (Å²) >= 11 is 0. The van der Waals surface area contributed by atoms with E-state index in [0.29, 0.717) is 45.2 Å². The van der Waals surface area contributed by atoms with Crippen molar-refractivity contribution in [1.29, 1.82) is 0 Å². The SMILES string of the molecule is C=C[C@@H]1C[C@@]1(NC(=O)[C@@H]1C[C@@H]2CN1C(=O)[C@H](C1CCCC1)NC(=O)OC(C)(C)CCCCc1cccc3c1CN(C3)C(=O)O2)C(=O)NS(=O)(=O)C1CC1. The van der Waals surface area contributed by atoms with Crippen LogP contribution in [0.4, 0.5) is 9.59 Å². The molecule has 3 N–H and O–H groups in total. The van der Waals surface area contributed by atoms with Gasteiger partial charge in [-0.15, -0.1) is 6.58 Å². The summed E-state index contributed by atoms with van der Waals surface area (Å²) in [5.74, 6) is -2.77. The van der Waals surface area contributed by atoms with E-state index < -0.39 is 80.4 Å². The van der Waals surface area contributed by atoms with E-state index in [9.17, 15) is 32.4 Å². The number of carbonyl (C=O) groups excluding carboxylic acids is 5. The first kappa shape index (κ1) is 37.2. The lowest BCUT2D eigenvalue weighted by atomic mass is 9.95. The Bertz CT molecular complexity index is 1790. The van der Waals surface area contributed by atoms with Crippen LogP contribution in [-0.4, -0.2) is 89.2 Å². The maximum Gasteiger partial charge on any atom is 0.410 e. The molecule has 0 spiro atoms. The van der Waals surface area contributed by atoms with Gasteiger partial charge in [0.1, 0.15) is 29.3 Å². The third-order valence-electron chi connectivity index (χ3n) is 12.0. The van der Waals surface area contributed by atoms with Gasteiger partial charge in [-0.2, -0.15) is 0 Å². The third-order valence-corrected chi connectivity index (χ3v) is 13.8. The Morgan fingerprint density at radius 1 is 1.02 bits per heavy atom. The Balaban J connectivity index is 1.17. The van der Waals surface area contributed by atoms with Crippen LogP contribution in [0.25, 0.3) is 0 Å². The summed E-state index contributed by atoms with van der Waals surface area (Å²) in [6, 6.07) is 3.89. The summed E-state index contributed by atoms with van der Waals surface area (Å²) in [5, 5.41) is 4.99. The lowest BCUT2D eigenvalue weighted by Crippen LogP contribution is -2.59. The van der Waals surface area contributed by atoms with Gasteiger partial charge >= 0.3 is 12.2 Å². The second-order valence-electron chi connectivity index (χ2n) is 16.4. The number of carbonyl (C=O) groups is 5. The minimum Gasteiger partial charge on any atom is -0.444 e. The monoisotopic (exact) mass is 753 g/mol. The Kier molecular flexibility index (Phi) is 10.0. The van der Waals surface area contributed by atoms with E-state index in [2.05, 4.69) is 28.0 Å². The molecule has 0 aromatic heterocycles. The van der Waals surface area contributed by atoms with E-state index in [1.54, 1.807) is 4.90 Å². The third kappa shape index (κ3) is 7.76. The number of benzene rings is 1. The molecule has 4 bridgehead atoms. The molecule has 53 heavy (non-hydrogen) atoms. The lowest BCUT2D eigenvalue weighted by molar-refractivity contribution is -0.142. The van der Waals surface area contributed by atoms with E-state index in [-0.39, 0.29) is 25.3 Å². The highest BCUT2D eigenvalue weighted by molar-refractivity contribution is 7.91. The first-order valence-corrected chi connectivity index (χ1v) is 20.6. The number of ether oxygens (including phenoxy) is 2. The molecule has 4 fully saturated rings. The van der Waals surface area contributed by atoms with Crippen LogP contribution in [0, 0.1) is 11.8 Å². The first-order chi connectivity index (χ1) is 25.2. The normalized spacial score (nSPS) is 30.6. The molecule has 1 aromatic carbocycles. The van der Waals surface area contributed by atoms with Crippen molar-refractivity contribution >= 4 is 39.9 Å². The molecule has 0 radical (unpaired) electrons. The minimum atomic E-state index is -3.90. The maximum atomic E-state index is 14.6. The van der Waals surface area contributed by atoms with Crippen LogP contribution in [0.5, 0.6) is 0 Å². The summed E-state index contributed by atoms with van der Waals surface area (Å²) < 4.78 is 39.5. The van der Waals surface area contributed by atoms with E-state index in [0.717, 1.165) is 48.8 Å². The standard InChI is InChI=1S/C38H51N5O9S/c1-4-26-19-38(26,34(46)41-53(49,50)28-15-16-28)40-32(44)30-18-27-21-43(30)33(45)31(24-11-5-6-12-24)39-35(47)52-37(2,3)17-8-7-10-23-13-9-14-25-20-42(22-29(23)25)36(48)51-27/h4,9,13-14,24,26-28,30-31H,1,5-8,10-12,15-22H2,2-3H3,(H,39,47)(H,40,44)(H,41,46)/t26-,27-,30+,31+,38+/m1/s1. The molecule has 6 aliphatic rings. The molecule has 3 heterocycles. The Labute approximate surface area is 310 Å². The second-order valence-corrected chi connectivity index (χ2v) is 18.3. The fourth-order valence-corrected chi connectivity index (χ4v) is 10.0. The largest absolute Gasteiger partial charge is 0.444 e. The second kappa shape index (κ2) is 14.3. The van der Waals surface area contributed by atoms with Crippen molar-refractivity contribution in [2.24, 2.45) is 11.8 Å². The van der Waals surface area contributed by atoms with Gasteiger partial charge in [0.25, 0.3) is 5.91 Å². The summed E-state index contributed by atoms with van der Waals surface area (Å²) in [6.45, 7) is 8.12. The first-order valence-electron chi connectivity index (χ1n) is 19.1. The van der Waals surface area contributed by atoms with Gasteiger partial charge in [-0.05, 0) is 94.2 Å². The van der Waals surface area contributed by atoms with Crippen LogP contribution < -0.4 is 15.4 Å². The van der Waals surface area contributed by atoms with Gasteiger partial charge in [-0.1, -0.05) is 37.1 Å². The molecule has 3 aliphatic carbocycles.